The molecule has 1 aliphatic heterocycles. The number of piperidine rings is 1. The maximum atomic E-state index is 12.7. The molecule has 1 aromatic carbocycles. The van der Waals surface area contributed by atoms with Gasteiger partial charge in [0, 0.05) is 0 Å². The van der Waals surface area contributed by atoms with Crippen LogP contribution >= 0.6 is 24.0 Å². The SMILES string of the molecule is Cl.O=C(Cl)C1(c2cccc(C(F)(F)F)c2)CCNCC1. The highest BCUT2D eigenvalue weighted by Crippen LogP contribution is 2.38. The third-order valence-electron chi connectivity index (χ3n) is 3.58. The minimum atomic E-state index is -4.42. The van der Waals surface area contributed by atoms with Gasteiger partial charge in [-0.2, -0.15) is 13.2 Å². The first-order chi connectivity index (χ1) is 8.86. The fraction of sp³-hybridized carbons (Fsp3) is 0.462. The molecule has 0 atom stereocenters. The predicted octanol–water partition coefficient (Wildman–Crippen LogP) is 3.51. The molecule has 1 aliphatic rings. The fourth-order valence-electron chi connectivity index (χ4n) is 2.45. The maximum absolute atomic E-state index is 12.7. The van der Waals surface area contributed by atoms with Gasteiger partial charge in [0.25, 0.3) is 0 Å². The molecule has 2 rings (SSSR count). The molecule has 1 heterocycles. The zero-order chi connectivity index (χ0) is 14.1. The van der Waals surface area contributed by atoms with E-state index in [4.69, 9.17) is 11.6 Å². The summed E-state index contributed by atoms with van der Waals surface area (Å²) in [4.78, 5) is 11.7. The van der Waals surface area contributed by atoms with E-state index in [-0.39, 0.29) is 12.4 Å². The van der Waals surface area contributed by atoms with Gasteiger partial charge in [-0.05, 0) is 49.2 Å². The van der Waals surface area contributed by atoms with Crippen LogP contribution in [0.5, 0.6) is 0 Å². The molecule has 20 heavy (non-hydrogen) atoms. The monoisotopic (exact) mass is 327 g/mol. The molecule has 1 saturated heterocycles. The van der Waals surface area contributed by atoms with Crippen molar-refractivity contribution in [3.63, 3.8) is 0 Å². The molecule has 1 aromatic rings. The molecule has 1 fully saturated rings. The van der Waals surface area contributed by atoms with Crippen LogP contribution in [0.4, 0.5) is 13.2 Å². The molecule has 1 N–H and O–H groups in total. The van der Waals surface area contributed by atoms with Crippen molar-refractivity contribution in [2.75, 3.05) is 13.1 Å². The van der Waals surface area contributed by atoms with Crippen LogP contribution in [0.2, 0.25) is 0 Å². The Bertz CT molecular complexity index is 485. The Morgan fingerprint density at radius 1 is 1.25 bits per heavy atom. The highest BCUT2D eigenvalue weighted by atomic mass is 35.5. The lowest BCUT2D eigenvalue weighted by atomic mass is 9.74. The summed E-state index contributed by atoms with van der Waals surface area (Å²) in [5.41, 5.74) is -1.40. The highest BCUT2D eigenvalue weighted by Gasteiger charge is 2.41. The molecule has 7 heteroatoms. The molecule has 0 saturated carbocycles. The number of alkyl halides is 3. The fourth-order valence-corrected chi connectivity index (χ4v) is 2.74. The van der Waals surface area contributed by atoms with Crippen LogP contribution in [0.3, 0.4) is 0 Å². The Morgan fingerprint density at radius 3 is 2.35 bits per heavy atom. The number of carbonyl (C=O) groups is 1. The topological polar surface area (TPSA) is 29.1 Å². The normalized spacial score (nSPS) is 18.2. The first-order valence-electron chi connectivity index (χ1n) is 5.95. The zero-order valence-corrected chi connectivity index (χ0v) is 12.0. The summed E-state index contributed by atoms with van der Waals surface area (Å²) in [6, 6.07) is 4.89. The van der Waals surface area contributed by atoms with E-state index in [1.54, 1.807) is 6.07 Å². The number of hydrogen-bond donors (Lipinski definition) is 1. The largest absolute Gasteiger partial charge is 0.416 e. The number of carbonyl (C=O) groups excluding carboxylic acids is 1. The molecule has 112 valence electrons. The van der Waals surface area contributed by atoms with E-state index >= 15 is 0 Å². The highest BCUT2D eigenvalue weighted by molar-refractivity contribution is 6.65. The molecule has 0 spiro atoms. The van der Waals surface area contributed by atoms with Gasteiger partial charge in [0.15, 0.2) is 0 Å². The summed E-state index contributed by atoms with van der Waals surface area (Å²) in [5.74, 6) is 0. The first-order valence-corrected chi connectivity index (χ1v) is 6.32. The smallest absolute Gasteiger partial charge is 0.317 e. The van der Waals surface area contributed by atoms with Gasteiger partial charge in [-0.25, -0.2) is 0 Å². The summed E-state index contributed by atoms with van der Waals surface area (Å²) < 4.78 is 38.2. The summed E-state index contributed by atoms with van der Waals surface area (Å²) in [7, 11) is 0. The van der Waals surface area contributed by atoms with E-state index in [0.717, 1.165) is 12.1 Å². The first kappa shape index (κ1) is 17.3. The van der Waals surface area contributed by atoms with Crippen LogP contribution in [0, 0.1) is 0 Å². The average molecular weight is 328 g/mol. The van der Waals surface area contributed by atoms with Gasteiger partial charge in [-0.3, -0.25) is 4.79 Å². The van der Waals surface area contributed by atoms with Crippen LogP contribution in [0.25, 0.3) is 0 Å². The van der Waals surface area contributed by atoms with Gasteiger partial charge in [-0.1, -0.05) is 18.2 Å². The van der Waals surface area contributed by atoms with E-state index in [0.29, 0.717) is 31.5 Å². The summed E-state index contributed by atoms with van der Waals surface area (Å²) >= 11 is 5.67. The van der Waals surface area contributed by atoms with E-state index in [1.807, 2.05) is 0 Å². The summed E-state index contributed by atoms with van der Waals surface area (Å²) in [5, 5.41) is 2.49. The molecular formula is C13H14Cl2F3NO. The Morgan fingerprint density at radius 2 is 1.85 bits per heavy atom. The van der Waals surface area contributed by atoms with Crippen molar-refractivity contribution < 1.29 is 18.0 Å². The molecule has 0 radical (unpaired) electrons. The molecule has 0 amide bonds. The lowest BCUT2D eigenvalue weighted by Gasteiger charge is -2.35. The second kappa shape index (κ2) is 6.33. The standard InChI is InChI=1S/C13H13ClF3NO.ClH/c14-11(19)12(4-6-18-7-5-12)9-2-1-3-10(8-9)13(15,16)17;/h1-3,8,18H,4-7H2;1H. The third kappa shape index (κ3) is 3.27. The molecule has 0 aliphatic carbocycles. The van der Waals surface area contributed by atoms with Crippen molar-refractivity contribution in [2.45, 2.75) is 24.4 Å². The van der Waals surface area contributed by atoms with Crippen molar-refractivity contribution in [1.29, 1.82) is 0 Å². The summed E-state index contributed by atoms with van der Waals surface area (Å²) in [6.45, 7) is 1.13. The van der Waals surface area contributed by atoms with E-state index < -0.39 is 22.4 Å². The van der Waals surface area contributed by atoms with Crippen molar-refractivity contribution in [3.05, 3.63) is 35.4 Å². The second-order valence-corrected chi connectivity index (χ2v) is 5.03. The van der Waals surface area contributed by atoms with Crippen molar-refractivity contribution in [3.8, 4) is 0 Å². The minimum absolute atomic E-state index is 0. The number of hydrogen-bond acceptors (Lipinski definition) is 2. The molecule has 0 aromatic heterocycles. The van der Waals surface area contributed by atoms with E-state index in [2.05, 4.69) is 5.32 Å². The molecule has 0 unspecified atom stereocenters. The third-order valence-corrected chi connectivity index (χ3v) is 3.94. The number of halogens is 5. The van der Waals surface area contributed by atoms with Crippen LogP contribution in [-0.2, 0) is 16.4 Å². The lowest BCUT2D eigenvalue weighted by molar-refractivity contribution is -0.137. The molecular weight excluding hydrogens is 314 g/mol. The predicted molar refractivity (Wildman–Crippen MR) is 73.3 cm³/mol. The van der Waals surface area contributed by atoms with Crippen molar-refractivity contribution >= 4 is 29.3 Å². The Hall–Kier alpha value is -0.780. The quantitative estimate of drug-likeness (QED) is 0.842. The number of nitrogens with one attached hydrogen (secondary N) is 1. The van der Waals surface area contributed by atoms with Crippen LogP contribution in [-0.4, -0.2) is 18.3 Å². The van der Waals surface area contributed by atoms with Gasteiger partial charge < -0.3 is 5.32 Å². The van der Waals surface area contributed by atoms with Crippen molar-refractivity contribution in [2.24, 2.45) is 0 Å². The average Bonchev–Trinajstić information content (AvgIpc) is 2.38. The number of rotatable bonds is 2. The van der Waals surface area contributed by atoms with Gasteiger partial charge in [0.1, 0.15) is 0 Å². The van der Waals surface area contributed by atoms with Gasteiger partial charge in [0.05, 0.1) is 11.0 Å². The van der Waals surface area contributed by atoms with E-state index in [9.17, 15) is 18.0 Å². The second-order valence-electron chi connectivity index (χ2n) is 4.68. The lowest BCUT2D eigenvalue weighted by Crippen LogP contribution is -2.44. The van der Waals surface area contributed by atoms with Crippen molar-refractivity contribution in [1.82, 2.24) is 5.32 Å². The van der Waals surface area contributed by atoms with Gasteiger partial charge >= 0.3 is 6.18 Å². The Kier molecular flexibility index (Phi) is 5.46. The maximum Gasteiger partial charge on any atom is 0.416 e. The van der Waals surface area contributed by atoms with Crippen LogP contribution < -0.4 is 5.32 Å². The number of benzene rings is 1. The van der Waals surface area contributed by atoms with Gasteiger partial charge in [0.2, 0.25) is 5.24 Å². The van der Waals surface area contributed by atoms with E-state index in [1.165, 1.54) is 6.07 Å². The molecule has 2 nitrogen and oxygen atoms in total. The molecule has 0 bridgehead atoms. The minimum Gasteiger partial charge on any atom is -0.317 e. The van der Waals surface area contributed by atoms with Crippen LogP contribution in [0.1, 0.15) is 24.0 Å². The summed E-state index contributed by atoms with van der Waals surface area (Å²) in [6.07, 6.45) is -3.59. The van der Waals surface area contributed by atoms with Gasteiger partial charge in [-0.15, -0.1) is 12.4 Å². The van der Waals surface area contributed by atoms with Crippen LogP contribution in [0.15, 0.2) is 24.3 Å². The zero-order valence-electron chi connectivity index (χ0n) is 10.5. The Labute approximate surface area is 126 Å². The Balaban J connectivity index is 0.00000200.